The number of hydrogen-bond acceptors (Lipinski definition) is 3. The first-order valence-corrected chi connectivity index (χ1v) is 9.20. The number of aromatic carboxylic acids is 1. The highest BCUT2D eigenvalue weighted by molar-refractivity contribution is 6.31. The van der Waals surface area contributed by atoms with E-state index in [1.807, 2.05) is 0 Å². The van der Waals surface area contributed by atoms with Gasteiger partial charge in [0, 0.05) is 10.7 Å². The Morgan fingerprint density at radius 2 is 1.71 bits per heavy atom. The van der Waals surface area contributed by atoms with Gasteiger partial charge in [0.1, 0.15) is 5.75 Å². The van der Waals surface area contributed by atoms with Crippen LogP contribution in [0.5, 0.6) is 5.75 Å². The molecule has 31 heavy (non-hydrogen) atoms. The molecule has 3 aromatic rings. The molecule has 160 valence electrons. The van der Waals surface area contributed by atoms with E-state index < -0.39 is 29.2 Å². The van der Waals surface area contributed by atoms with Crippen molar-refractivity contribution in [2.75, 3.05) is 5.32 Å². The van der Waals surface area contributed by atoms with E-state index in [9.17, 15) is 27.9 Å². The average Bonchev–Trinajstić information content (AvgIpc) is 2.68. The van der Waals surface area contributed by atoms with E-state index in [1.165, 1.54) is 49.4 Å². The molecule has 0 aliphatic rings. The summed E-state index contributed by atoms with van der Waals surface area (Å²) in [7, 11) is 0. The van der Waals surface area contributed by atoms with E-state index in [2.05, 4.69) is 5.32 Å². The summed E-state index contributed by atoms with van der Waals surface area (Å²) in [6.45, 7) is 1.50. The van der Waals surface area contributed by atoms with Crippen LogP contribution in [0.3, 0.4) is 0 Å². The maximum absolute atomic E-state index is 13.4. The predicted molar refractivity (Wildman–Crippen MR) is 110 cm³/mol. The summed E-state index contributed by atoms with van der Waals surface area (Å²) < 4.78 is 40.2. The van der Waals surface area contributed by atoms with Crippen molar-refractivity contribution in [3.05, 3.63) is 81.9 Å². The number of nitrogens with one attached hydrogen (secondary N) is 1. The van der Waals surface area contributed by atoms with Crippen molar-refractivity contribution in [1.82, 2.24) is 0 Å². The predicted octanol–water partition coefficient (Wildman–Crippen LogP) is 5.99. The van der Waals surface area contributed by atoms with Gasteiger partial charge in [0.05, 0.1) is 16.7 Å². The van der Waals surface area contributed by atoms with Crippen LogP contribution in [0.4, 0.5) is 18.9 Å². The third kappa shape index (κ3) is 4.80. The van der Waals surface area contributed by atoms with Crippen LogP contribution < -0.4 is 5.32 Å². The number of phenolic OH excluding ortho intramolecular Hbond substituents is 1. The van der Waals surface area contributed by atoms with Crippen molar-refractivity contribution < 1.29 is 33.0 Å². The van der Waals surface area contributed by atoms with Crippen LogP contribution in [0, 0.1) is 6.92 Å². The Bertz CT molecular complexity index is 1190. The summed E-state index contributed by atoms with van der Waals surface area (Å²) in [4.78, 5) is 23.7. The molecular formula is C22H15ClF3NO4. The van der Waals surface area contributed by atoms with E-state index in [-0.39, 0.29) is 27.6 Å². The molecule has 9 heteroatoms. The topological polar surface area (TPSA) is 86.6 Å². The lowest BCUT2D eigenvalue weighted by molar-refractivity contribution is -0.138. The molecule has 0 bridgehead atoms. The number of alkyl halides is 3. The molecule has 0 spiro atoms. The molecular weight excluding hydrogens is 435 g/mol. The highest BCUT2D eigenvalue weighted by Gasteiger charge is 2.36. The van der Waals surface area contributed by atoms with Gasteiger partial charge in [-0.2, -0.15) is 13.2 Å². The van der Waals surface area contributed by atoms with E-state index in [4.69, 9.17) is 16.7 Å². The van der Waals surface area contributed by atoms with Crippen molar-refractivity contribution >= 4 is 29.2 Å². The molecule has 3 rings (SSSR count). The number of halogens is 4. The first-order valence-electron chi connectivity index (χ1n) is 8.83. The number of aryl methyl sites for hydroxylation is 1. The van der Waals surface area contributed by atoms with Crippen LogP contribution in [0.1, 0.15) is 31.8 Å². The number of anilines is 1. The molecule has 0 saturated carbocycles. The zero-order valence-corrected chi connectivity index (χ0v) is 16.7. The number of carboxylic acids is 1. The highest BCUT2D eigenvalue weighted by atomic mass is 35.5. The molecule has 0 atom stereocenters. The number of benzene rings is 3. The Balaban J connectivity index is 2.01. The van der Waals surface area contributed by atoms with Crippen LogP contribution in [0.15, 0.2) is 54.6 Å². The summed E-state index contributed by atoms with van der Waals surface area (Å²) >= 11 is 5.85. The second-order valence-corrected chi connectivity index (χ2v) is 7.15. The number of rotatable bonds is 4. The molecule has 0 aliphatic carbocycles. The van der Waals surface area contributed by atoms with Crippen molar-refractivity contribution in [1.29, 1.82) is 0 Å². The van der Waals surface area contributed by atoms with Gasteiger partial charge in [0.15, 0.2) is 0 Å². The molecule has 0 heterocycles. The number of aromatic hydroxyl groups is 1. The van der Waals surface area contributed by atoms with Crippen LogP contribution in [0.2, 0.25) is 5.02 Å². The molecule has 0 fully saturated rings. The van der Waals surface area contributed by atoms with E-state index in [0.29, 0.717) is 11.1 Å². The van der Waals surface area contributed by atoms with Crippen LogP contribution in [0.25, 0.3) is 11.1 Å². The summed E-state index contributed by atoms with van der Waals surface area (Å²) in [5.74, 6) is -2.62. The minimum absolute atomic E-state index is 0.0701. The van der Waals surface area contributed by atoms with Gasteiger partial charge in [-0.3, -0.25) is 4.79 Å². The molecule has 5 nitrogen and oxygen atoms in total. The number of amides is 1. The van der Waals surface area contributed by atoms with Gasteiger partial charge in [-0.15, -0.1) is 0 Å². The van der Waals surface area contributed by atoms with Gasteiger partial charge >= 0.3 is 12.1 Å². The van der Waals surface area contributed by atoms with Crippen LogP contribution in [-0.4, -0.2) is 22.1 Å². The number of carbonyl (C=O) groups is 2. The minimum atomic E-state index is -4.86. The fourth-order valence-electron chi connectivity index (χ4n) is 3.08. The molecule has 0 aromatic heterocycles. The molecule has 3 N–H and O–H groups in total. The standard InChI is InChI=1S/C22H15ClF3NO4/c1-11-7-16(21(30)31)18(22(24,25)26)10-15(11)12-3-2-4-14(8-12)27-20(29)17-9-13(23)5-6-19(17)28/h2-10,28H,1H3,(H,27,29)(H,30,31). The summed E-state index contributed by atoms with van der Waals surface area (Å²) in [5.41, 5.74) is -1.08. The first kappa shape index (κ1) is 22.2. The Labute approximate surface area is 179 Å². The maximum Gasteiger partial charge on any atom is 0.417 e. The third-order valence-corrected chi connectivity index (χ3v) is 4.77. The molecule has 0 radical (unpaired) electrons. The number of carbonyl (C=O) groups excluding carboxylic acids is 1. The Kier molecular flexibility index (Phi) is 5.94. The van der Waals surface area contributed by atoms with Gasteiger partial charge in [0.25, 0.3) is 5.91 Å². The molecule has 0 unspecified atom stereocenters. The van der Waals surface area contributed by atoms with Crippen LogP contribution in [-0.2, 0) is 6.18 Å². The fraction of sp³-hybridized carbons (Fsp3) is 0.0909. The smallest absolute Gasteiger partial charge is 0.417 e. The van der Waals surface area contributed by atoms with Crippen molar-refractivity contribution in [2.45, 2.75) is 13.1 Å². The SMILES string of the molecule is Cc1cc(C(=O)O)c(C(F)(F)F)cc1-c1cccc(NC(=O)c2cc(Cl)ccc2O)c1. The second kappa shape index (κ2) is 8.31. The summed E-state index contributed by atoms with van der Waals surface area (Å²) in [6, 6.07) is 11.7. The second-order valence-electron chi connectivity index (χ2n) is 6.71. The number of carboxylic acid groups (broad SMARTS) is 1. The molecule has 3 aromatic carbocycles. The quantitative estimate of drug-likeness (QED) is 0.456. The summed E-state index contributed by atoms with van der Waals surface area (Å²) in [6.07, 6.45) is -4.86. The van der Waals surface area contributed by atoms with Crippen molar-refractivity contribution in [2.24, 2.45) is 0 Å². The fourth-order valence-corrected chi connectivity index (χ4v) is 3.26. The van der Waals surface area contributed by atoms with Crippen molar-refractivity contribution in [3.8, 4) is 16.9 Å². The molecule has 0 aliphatic heterocycles. The monoisotopic (exact) mass is 449 g/mol. The number of phenols is 1. The molecule has 1 amide bonds. The third-order valence-electron chi connectivity index (χ3n) is 4.54. The highest BCUT2D eigenvalue weighted by Crippen LogP contribution is 2.37. The van der Waals surface area contributed by atoms with Gasteiger partial charge in [-0.1, -0.05) is 23.7 Å². The largest absolute Gasteiger partial charge is 0.507 e. The van der Waals surface area contributed by atoms with Gasteiger partial charge in [0.2, 0.25) is 0 Å². The van der Waals surface area contributed by atoms with E-state index >= 15 is 0 Å². The van der Waals surface area contributed by atoms with Gasteiger partial charge in [-0.05, 0) is 66.1 Å². The van der Waals surface area contributed by atoms with E-state index in [0.717, 1.165) is 12.1 Å². The van der Waals surface area contributed by atoms with Crippen molar-refractivity contribution in [3.63, 3.8) is 0 Å². The lowest BCUT2D eigenvalue weighted by Gasteiger charge is -2.16. The van der Waals surface area contributed by atoms with E-state index in [1.54, 1.807) is 0 Å². The Morgan fingerprint density at radius 1 is 1.00 bits per heavy atom. The number of hydrogen-bond donors (Lipinski definition) is 3. The maximum atomic E-state index is 13.4. The van der Waals surface area contributed by atoms with Gasteiger partial charge in [-0.25, -0.2) is 4.79 Å². The average molecular weight is 450 g/mol. The lowest BCUT2D eigenvalue weighted by atomic mass is 9.94. The van der Waals surface area contributed by atoms with Crippen LogP contribution >= 0.6 is 11.6 Å². The molecule has 0 saturated heterocycles. The minimum Gasteiger partial charge on any atom is -0.507 e. The lowest BCUT2D eigenvalue weighted by Crippen LogP contribution is -2.14. The zero-order chi connectivity index (χ0) is 22.9. The first-order chi connectivity index (χ1) is 14.5. The Morgan fingerprint density at radius 3 is 2.35 bits per heavy atom. The summed E-state index contributed by atoms with van der Waals surface area (Å²) in [5, 5.41) is 21.8. The zero-order valence-electron chi connectivity index (χ0n) is 15.9. The Hall–Kier alpha value is -3.52. The normalized spacial score (nSPS) is 11.3. The van der Waals surface area contributed by atoms with Gasteiger partial charge < -0.3 is 15.5 Å².